The van der Waals surface area contributed by atoms with Crippen molar-refractivity contribution >= 4 is 5.78 Å². The minimum atomic E-state index is 0.104. The van der Waals surface area contributed by atoms with E-state index in [4.69, 9.17) is 9.47 Å². The first-order valence-corrected chi connectivity index (χ1v) is 8.99. The van der Waals surface area contributed by atoms with Gasteiger partial charge in [-0.3, -0.25) is 4.79 Å². The predicted molar refractivity (Wildman–Crippen MR) is 97.6 cm³/mol. The molecule has 0 aromatic carbocycles. The number of ether oxygens (including phenoxy) is 2. The second kappa shape index (κ2) is 8.26. The molecule has 3 nitrogen and oxygen atoms in total. The SMILES string of the molecule is COCOC/C=C(\C)CC[C@H]1C(C)=CC[C@@H]2[C@@H]1C(=O)C=CC2(C)C. The van der Waals surface area contributed by atoms with E-state index in [0.29, 0.717) is 31.0 Å². The van der Waals surface area contributed by atoms with Crippen molar-refractivity contribution in [3.05, 3.63) is 35.5 Å². The minimum absolute atomic E-state index is 0.104. The number of methoxy groups -OCH3 is 1. The Hall–Kier alpha value is -1.19. The monoisotopic (exact) mass is 332 g/mol. The molecule has 0 bridgehead atoms. The van der Waals surface area contributed by atoms with Gasteiger partial charge in [0.25, 0.3) is 0 Å². The molecule has 0 unspecified atom stereocenters. The molecule has 0 amide bonds. The summed E-state index contributed by atoms with van der Waals surface area (Å²) in [4.78, 5) is 12.6. The van der Waals surface area contributed by atoms with Gasteiger partial charge in [0, 0.05) is 13.0 Å². The second-order valence-electron chi connectivity index (χ2n) is 7.85. The van der Waals surface area contributed by atoms with Gasteiger partial charge in [0.2, 0.25) is 0 Å². The molecule has 0 aromatic rings. The third kappa shape index (κ3) is 4.46. The van der Waals surface area contributed by atoms with E-state index >= 15 is 0 Å². The van der Waals surface area contributed by atoms with E-state index in [1.807, 2.05) is 6.08 Å². The van der Waals surface area contributed by atoms with Crippen molar-refractivity contribution in [2.24, 2.45) is 23.2 Å². The van der Waals surface area contributed by atoms with Crippen LogP contribution in [0.15, 0.2) is 35.5 Å². The number of fused-ring (bicyclic) bond motifs is 1. The van der Waals surface area contributed by atoms with Crippen molar-refractivity contribution in [1.29, 1.82) is 0 Å². The highest BCUT2D eigenvalue weighted by Gasteiger charge is 2.45. The number of hydrogen-bond acceptors (Lipinski definition) is 3. The summed E-state index contributed by atoms with van der Waals surface area (Å²) in [5.41, 5.74) is 2.81. The molecule has 0 aliphatic heterocycles. The van der Waals surface area contributed by atoms with Crippen LogP contribution in [0.2, 0.25) is 0 Å². The van der Waals surface area contributed by atoms with E-state index in [-0.39, 0.29) is 11.3 Å². The van der Waals surface area contributed by atoms with Gasteiger partial charge in [0.1, 0.15) is 6.79 Å². The molecule has 2 aliphatic rings. The molecule has 24 heavy (non-hydrogen) atoms. The van der Waals surface area contributed by atoms with Crippen LogP contribution < -0.4 is 0 Å². The van der Waals surface area contributed by atoms with E-state index in [0.717, 1.165) is 19.3 Å². The van der Waals surface area contributed by atoms with Gasteiger partial charge in [0.05, 0.1) is 6.61 Å². The Morgan fingerprint density at radius 1 is 1.42 bits per heavy atom. The molecule has 2 rings (SSSR count). The van der Waals surface area contributed by atoms with Crippen LogP contribution in [0, 0.1) is 23.2 Å². The molecule has 0 heterocycles. The second-order valence-corrected chi connectivity index (χ2v) is 7.85. The van der Waals surface area contributed by atoms with Gasteiger partial charge in [-0.05, 0) is 56.4 Å². The van der Waals surface area contributed by atoms with Crippen molar-refractivity contribution in [3.63, 3.8) is 0 Å². The van der Waals surface area contributed by atoms with E-state index in [2.05, 4.69) is 45.9 Å². The number of carbonyl (C=O) groups excluding carboxylic acids is 1. The van der Waals surface area contributed by atoms with Crippen LogP contribution in [0.3, 0.4) is 0 Å². The van der Waals surface area contributed by atoms with E-state index in [1.165, 1.54) is 11.1 Å². The van der Waals surface area contributed by atoms with Gasteiger partial charge < -0.3 is 9.47 Å². The summed E-state index contributed by atoms with van der Waals surface area (Å²) < 4.78 is 10.2. The maximum Gasteiger partial charge on any atom is 0.159 e. The molecular formula is C21H32O3. The summed E-state index contributed by atoms with van der Waals surface area (Å²) in [6, 6.07) is 0. The van der Waals surface area contributed by atoms with E-state index < -0.39 is 0 Å². The average Bonchev–Trinajstić information content (AvgIpc) is 2.54. The summed E-state index contributed by atoms with van der Waals surface area (Å²) in [6.45, 7) is 9.77. The largest absolute Gasteiger partial charge is 0.359 e. The van der Waals surface area contributed by atoms with Gasteiger partial charge in [-0.25, -0.2) is 0 Å². The summed E-state index contributed by atoms with van der Waals surface area (Å²) in [7, 11) is 1.63. The lowest BCUT2D eigenvalue weighted by molar-refractivity contribution is -0.124. The molecule has 134 valence electrons. The fraction of sp³-hybridized carbons (Fsp3) is 0.667. The summed E-state index contributed by atoms with van der Waals surface area (Å²) >= 11 is 0. The lowest BCUT2D eigenvalue weighted by Crippen LogP contribution is -2.43. The van der Waals surface area contributed by atoms with Crippen LogP contribution >= 0.6 is 0 Å². The number of allylic oxidation sites excluding steroid dienone is 5. The van der Waals surface area contributed by atoms with Gasteiger partial charge in [0.15, 0.2) is 5.78 Å². The molecule has 2 aliphatic carbocycles. The number of ketones is 1. The molecule has 0 saturated heterocycles. The third-order valence-electron chi connectivity index (χ3n) is 5.71. The molecule has 0 spiro atoms. The fourth-order valence-corrected chi connectivity index (χ4v) is 4.09. The number of carbonyl (C=O) groups is 1. The van der Waals surface area contributed by atoms with E-state index in [1.54, 1.807) is 7.11 Å². The number of hydrogen-bond donors (Lipinski definition) is 0. The van der Waals surface area contributed by atoms with Crippen LogP contribution in [0.25, 0.3) is 0 Å². The van der Waals surface area contributed by atoms with Crippen molar-refractivity contribution in [1.82, 2.24) is 0 Å². The average molecular weight is 332 g/mol. The highest BCUT2D eigenvalue weighted by molar-refractivity contribution is 5.93. The summed E-state index contributed by atoms with van der Waals surface area (Å²) in [6.07, 6.45) is 11.5. The maximum absolute atomic E-state index is 12.6. The highest BCUT2D eigenvalue weighted by atomic mass is 16.7. The molecular weight excluding hydrogens is 300 g/mol. The zero-order chi connectivity index (χ0) is 17.7. The van der Waals surface area contributed by atoms with Crippen LogP contribution in [0.5, 0.6) is 0 Å². The molecule has 3 atom stereocenters. The van der Waals surface area contributed by atoms with E-state index in [9.17, 15) is 4.79 Å². The normalized spacial score (nSPS) is 29.4. The minimum Gasteiger partial charge on any atom is -0.359 e. The van der Waals surface area contributed by atoms with Gasteiger partial charge in [-0.15, -0.1) is 0 Å². The molecule has 0 N–H and O–H groups in total. The first-order chi connectivity index (χ1) is 11.4. The fourth-order valence-electron chi connectivity index (χ4n) is 4.09. The maximum atomic E-state index is 12.6. The quantitative estimate of drug-likeness (QED) is 0.385. The first kappa shape index (κ1) is 19.1. The Bertz CT molecular complexity index is 539. The van der Waals surface area contributed by atoms with Gasteiger partial charge in [-0.2, -0.15) is 0 Å². The molecule has 0 radical (unpaired) electrons. The predicted octanol–water partition coefficient (Wildman–Crippen LogP) is 4.70. The lowest BCUT2D eigenvalue weighted by atomic mass is 9.57. The summed E-state index contributed by atoms with van der Waals surface area (Å²) in [5, 5.41) is 0. The van der Waals surface area contributed by atoms with Crippen LogP contribution in [0.1, 0.15) is 47.0 Å². The zero-order valence-electron chi connectivity index (χ0n) is 15.8. The molecule has 0 saturated carbocycles. The van der Waals surface area contributed by atoms with Crippen LogP contribution in [0.4, 0.5) is 0 Å². The van der Waals surface area contributed by atoms with Crippen molar-refractivity contribution < 1.29 is 14.3 Å². The molecule has 0 aromatic heterocycles. The summed E-state index contributed by atoms with van der Waals surface area (Å²) in [5.74, 6) is 1.26. The van der Waals surface area contributed by atoms with Crippen molar-refractivity contribution in [2.45, 2.75) is 47.0 Å². The van der Waals surface area contributed by atoms with Gasteiger partial charge >= 0.3 is 0 Å². The molecule has 0 fully saturated rings. The first-order valence-electron chi connectivity index (χ1n) is 8.99. The molecule has 3 heteroatoms. The Morgan fingerprint density at radius 3 is 2.88 bits per heavy atom. The highest BCUT2D eigenvalue weighted by Crippen LogP contribution is 2.49. The number of rotatable bonds is 7. The standard InChI is InChI=1S/C21H32O3/c1-15(11-13-24-14-23-5)6-8-17-16(2)7-9-18-20(17)19(22)10-12-21(18,3)4/h7,10-12,17-18,20H,6,8-9,13-14H2,1-5H3/b15-11+/t17-,18+,20+/m0/s1. The zero-order valence-corrected chi connectivity index (χ0v) is 15.8. The Labute approximate surface area is 146 Å². The third-order valence-corrected chi connectivity index (χ3v) is 5.71. The topological polar surface area (TPSA) is 35.5 Å². The Kier molecular flexibility index (Phi) is 6.59. The van der Waals surface area contributed by atoms with Gasteiger partial charge in [-0.1, -0.05) is 43.2 Å². The Morgan fingerprint density at radius 2 is 2.17 bits per heavy atom. The van der Waals surface area contributed by atoms with Crippen molar-refractivity contribution in [2.75, 3.05) is 20.5 Å². The van der Waals surface area contributed by atoms with Crippen molar-refractivity contribution in [3.8, 4) is 0 Å². The smallest absolute Gasteiger partial charge is 0.159 e. The lowest BCUT2D eigenvalue weighted by Gasteiger charge is -2.45. The van der Waals surface area contributed by atoms with Crippen LogP contribution in [-0.4, -0.2) is 26.3 Å². The Balaban J connectivity index is 2.03. The van der Waals surface area contributed by atoms with Crippen LogP contribution in [-0.2, 0) is 14.3 Å².